The minimum absolute atomic E-state index is 0.0253. The van der Waals surface area contributed by atoms with Crippen molar-refractivity contribution >= 4 is 16.2 Å². The molecule has 1 rings (SSSR count). The lowest BCUT2D eigenvalue weighted by Gasteiger charge is -2.21. The predicted octanol–water partition coefficient (Wildman–Crippen LogP) is 0.808. The van der Waals surface area contributed by atoms with Gasteiger partial charge in [-0.1, -0.05) is 19.8 Å². The smallest absolute Gasteiger partial charge is 0.303 e. The first-order chi connectivity index (χ1) is 8.42. The van der Waals surface area contributed by atoms with Gasteiger partial charge >= 0.3 is 5.97 Å². The molecule has 106 valence electrons. The first-order valence-corrected chi connectivity index (χ1v) is 7.82. The molecule has 1 aliphatic heterocycles. The summed E-state index contributed by atoms with van der Waals surface area (Å²) in [7, 11) is -3.45. The third-order valence-corrected chi connectivity index (χ3v) is 4.62. The van der Waals surface area contributed by atoms with Crippen molar-refractivity contribution in [2.75, 3.05) is 19.6 Å². The molecule has 1 aliphatic rings. The molecule has 0 radical (unpaired) electrons. The Labute approximate surface area is 109 Å². The molecular formula is C11H22N2O4S. The molecule has 1 saturated heterocycles. The zero-order valence-corrected chi connectivity index (χ0v) is 11.6. The van der Waals surface area contributed by atoms with Gasteiger partial charge in [0.15, 0.2) is 0 Å². The van der Waals surface area contributed by atoms with Crippen LogP contribution in [0.2, 0.25) is 0 Å². The maximum Gasteiger partial charge on any atom is 0.303 e. The van der Waals surface area contributed by atoms with E-state index < -0.39 is 16.2 Å². The monoisotopic (exact) mass is 278 g/mol. The third kappa shape index (κ3) is 5.32. The van der Waals surface area contributed by atoms with E-state index >= 15 is 0 Å². The summed E-state index contributed by atoms with van der Waals surface area (Å²) in [5.41, 5.74) is 0. The number of carbonyl (C=O) groups is 1. The highest BCUT2D eigenvalue weighted by atomic mass is 32.2. The number of carboxylic acid groups (broad SMARTS) is 1. The Morgan fingerprint density at radius 3 is 2.33 bits per heavy atom. The van der Waals surface area contributed by atoms with Gasteiger partial charge in [-0.05, 0) is 18.8 Å². The minimum atomic E-state index is -3.45. The molecule has 1 atom stereocenters. The minimum Gasteiger partial charge on any atom is -0.481 e. The lowest BCUT2D eigenvalue weighted by atomic mass is 10.1. The van der Waals surface area contributed by atoms with Gasteiger partial charge in [0.1, 0.15) is 0 Å². The first-order valence-electron chi connectivity index (χ1n) is 6.38. The summed E-state index contributed by atoms with van der Waals surface area (Å²) >= 11 is 0. The summed E-state index contributed by atoms with van der Waals surface area (Å²) < 4.78 is 28.0. The van der Waals surface area contributed by atoms with Gasteiger partial charge in [-0.2, -0.15) is 12.7 Å². The lowest BCUT2D eigenvalue weighted by molar-refractivity contribution is -0.137. The molecule has 7 heteroatoms. The summed E-state index contributed by atoms with van der Waals surface area (Å²) in [5, 5.41) is 8.61. The van der Waals surface area contributed by atoms with Crippen LogP contribution >= 0.6 is 0 Å². The zero-order chi connectivity index (χ0) is 13.6. The molecule has 0 amide bonds. The molecule has 18 heavy (non-hydrogen) atoms. The number of carboxylic acids is 1. The van der Waals surface area contributed by atoms with Crippen molar-refractivity contribution in [3.05, 3.63) is 0 Å². The van der Waals surface area contributed by atoms with Gasteiger partial charge in [0.25, 0.3) is 10.2 Å². The third-order valence-electron chi connectivity index (χ3n) is 3.04. The van der Waals surface area contributed by atoms with Crippen LogP contribution < -0.4 is 4.72 Å². The fraction of sp³-hybridized carbons (Fsp3) is 0.909. The lowest BCUT2D eigenvalue weighted by Crippen LogP contribution is -2.42. The van der Waals surface area contributed by atoms with Crippen LogP contribution in [0.25, 0.3) is 0 Å². The van der Waals surface area contributed by atoms with Gasteiger partial charge < -0.3 is 5.11 Å². The molecule has 2 N–H and O–H groups in total. The van der Waals surface area contributed by atoms with Crippen LogP contribution in [-0.2, 0) is 15.0 Å². The molecule has 0 aliphatic carbocycles. The van der Waals surface area contributed by atoms with Crippen molar-refractivity contribution in [3.63, 3.8) is 0 Å². The number of rotatable bonds is 6. The van der Waals surface area contributed by atoms with E-state index in [1.54, 1.807) is 6.92 Å². The second-order valence-electron chi connectivity index (χ2n) is 4.87. The topological polar surface area (TPSA) is 86.7 Å². The molecule has 0 bridgehead atoms. The SMILES string of the molecule is CC(CNS(=O)(=O)N1CCCCCC1)CC(=O)O. The first kappa shape index (κ1) is 15.4. The van der Waals surface area contributed by atoms with Crippen LogP contribution in [-0.4, -0.2) is 43.4 Å². The van der Waals surface area contributed by atoms with Crippen LogP contribution in [0.5, 0.6) is 0 Å². The summed E-state index contributed by atoms with van der Waals surface area (Å²) in [6, 6.07) is 0. The second kappa shape index (κ2) is 7.06. The van der Waals surface area contributed by atoms with Crippen LogP contribution in [0, 0.1) is 5.92 Å². The van der Waals surface area contributed by atoms with Gasteiger partial charge in [0.05, 0.1) is 0 Å². The summed E-state index contributed by atoms with van der Waals surface area (Å²) in [6.45, 7) is 3.01. The van der Waals surface area contributed by atoms with Crippen molar-refractivity contribution in [1.29, 1.82) is 0 Å². The average molecular weight is 278 g/mol. The Bertz CT molecular complexity index is 361. The zero-order valence-electron chi connectivity index (χ0n) is 10.8. The maximum absolute atomic E-state index is 12.0. The number of nitrogens with zero attached hydrogens (tertiary/aromatic N) is 1. The summed E-state index contributed by atoms with van der Waals surface area (Å²) in [4.78, 5) is 10.5. The van der Waals surface area contributed by atoms with Crippen LogP contribution in [0.15, 0.2) is 0 Å². The Morgan fingerprint density at radius 1 is 1.28 bits per heavy atom. The average Bonchev–Trinajstić information content (AvgIpc) is 2.54. The van der Waals surface area contributed by atoms with E-state index in [1.165, 1.54) is 4.31 Å². The quantitative estimate of drug-likeness (QED) is 0.752. The molecule has 1 fully saturated rings. The van der Waals surface area contributed by atoms with Gasteiger partial charge in [0, 0.05) is 26.1 Å². The second-order valence-corrected chi connectivity index (χ2v) is 6.63. The Morgan fingerprint density at radius 2 is 1.83 bits per heavy atom. The molecule has 0 saturated carbocycles. The largest absolute Gasteiger partial charge is 0.481 e. The van der Waals surface area contributed by atoms with E-state index in [0.29, 0.717) is 13.1 Å². The summed E-state index contributed by atoms with van der Waals surface area (Å²) in [5.74, 6) is -1.11. The predicted molar refractivity (Wildman–Crippen MR) is 68.4 cm³/mol. The van der Waals surface area contributed by atoms with Gasteiger partial charge in [-0.3, -0.25) is 4.79 Å². The number of hydrogen-bond donors (Lipinski definition) is 2. The highest BCUT2D eigenvalue weighted by Gasteiger charge is 2.23. The maximum atomic E-state index is 12.0. The van der Waals surface area contributed by atoms with Gasteiger partial charge in [-0.15, -0.1) is 0 Å². The molecular weight excluding hydrogens is 256 g/mol. The molecule has 0 spiro atoms. The van der Waals surface area contributed by atoms with Gasteiger partial charge in [-0.25, -0.2) is 4.72 Å². The number of aliphatic carboxylic acids is 1. The normalized spacial score (nSPS) is 20.3. The fourth-order valence-corrected chi connectivity index (χ4v) is 3.41. The van der Waals surface area contributed by atoms with Crippen molar-refractivity contribution in [2.45, 2.75) is 39.0 Å². The van der Waals surface area contributed by atoms with Crippen LogP contribution in [0.1, 0.15) is 39.0 Å². The van der Waals surface area contributed by atoms with E-state index in [-0.39, 0.29) is 18.9 Å². The Hall–Kier alpha value is -0.660. The molecule has 6 nitrogen and oxygen atoms in total. The van der Waals surface area contributed by atoms with E-state index in [2.05, 4.69) is 4.72 Å². The van der Waals surface area contributed by atoms with E-state index in [4.69, 9.17) is 5.11 Å². The van der Waals surface area contributed by atoms with Crippen molar-refractivity contribution in [2.24, 2.45) is 5.92 Å². The molecule has 0 aromatic rings. The van der Waals surface area contributed by atoms with Crippen molar-refractivity contribution in [3.8, 4) is 0 Å². The van der Waals surface area contributed by atoms with E-state index in [9.17, 15) is 13.2 Å². The van der Waals surface area contributed by atoms with E-state index in [1.807, 2.05) is 0 Å². The summed E-state index contributed by atoms with van der Waals surface area (Å²) in [6.07, 6.45) is 3.91. The standard InChI is InChI=1S/C11H22N2O4S/c1-10(8-11(14)15)9-12-18(16,17)13-6-4-2-3-5-7-13/h10,12H,2-9H2,1H3,(H,14,15). The highest BCUT2D eigenvalue weighted by molar-refractivity contribution is 7.87. The Balaban J connectivity index is 2.45. The fourth-order valence-electron chi connectivity index (χ4n) is 1.99. The van der Waals surface area contributed by atoms with Crippen LogP contribution in [0.3, 0.4) is 0 Å². The van der Waals surface area contributed by atoms with Crippen molar-refractivity contribution in [1.82, 2.24) is 9.03 Å². The highest BCUT2D eigenvalue weighted by Crippen LogP contribution is 2.12. The number of hydrogen-bond acceptors (Lipinski definition) is 3. The molecule has 1 unspecified atom stereocenters. The van der Waals surface area contributed by atoms with Crippen LogP contribution in [0.4, 0.5) is 0 Å². The molecule has 0 aromatic heterocycles. The Kier molecular flexibility index (Phi) is 6.04. The van der Waals surface area contributed by atoms with Gasteiger partial charge in [0.2, 0.25) is 0 Å². The van der Waals surface area contributed by atoms with Crippen molar-refractivity contribution < 1.29 is 18.3 Å². The molecule has 1 heterocycles. The van der Waals surface area contributed by atoms with E-state index in [0.717, 1.165) is 25.7 Å². The number of nitrogens with one attached hydrogen (secondary N) is 1. The molecule has 0 aromatic carbocycles.